The van der Waals surface area contributed by atoms with Crippen molar-refractivity contribution in [3.8, 4) is 11.1 Å². The fourth-order valence-electron chi connectivity index (χ4n) is 2.10. The SMILES string of the molecule is Fc1cc(F)cc(NCc2cc(-c3ccccc3)cs2)c1. The van der Waals surface area contributed by atoms with Crippen LogP contribution in [0.1, 0.15) is 4.88 Å². The zero-order valence-corrected chi connectivity index (χ0v) is 12.0. The summed E-state index contributed by atoms with van der Waals surface area (Å²) in [4.78, 5) is 1.11. The van der Waals surface area contributed by atoms with Crippen LogP contribution in [0.4, 0.5) is 14.5 Å². The standard InChI is InChI=1S/C17H13F2NS/c18-14-7-15(19)9-16(8-14)20-10-17-6-13(11-21-17)12-4-2-1-3-5-12/h1-9,11,20H,10H2. The molecule has 0 atom stereocenters. The van der Waals surface area contributed by atoms with Crippen LogP contribution >= 0.6 is 11.3 Å². The van der Waals surface area contributed by atoms with E-state index < -0.39 is 11.6 Å². The highest BCUT2D eigenvalue weighted by molar-refractivity contribution is 7.10. The summed E-state index contributed by atoms with van der Waals surface area (Å²) in [6.07, 6.45) is 0. The maximum absolute atomic E-state index is 13.1. The third-order valence-corrected chi connectivity index (χ3v) is 4.03. The minimum Gasteiger partial charge on any atom is -0.380 e. The summed E-state index contributed by atoms with van der Waals surface area (Å²) in [5, 5.41) is 5.12. The molecule has 0 aliphatic rings. The molecule has 2 aromatic carbocycles. The van der Waals surface area contributed by atoms with Gasteiger partial charge in [0.25, 0.3) is 0 Å². The van der Waals surface area contributed by atoms with E-state index in [1.165, 1.54) is 12.1 Å². The fraction of sp³-hybridized carbons (Fsp3) is 0.0588. The van der Waals surface area contributed by atoms with Gasteiger partial charge in [0.15, 0.2) is 0 Å². The van der Waals surface area contributed by atoms with E-state index in [0.29, 0.717) is 12.2 Å². The van der Waals surface area contributed by atoms with E-state index in [9.17, 15) is 8.78 Å². The molecule has 1 nitrogen and oxygen atoms in total. The van der Waals surface area contributed by atoms with Crippen molar-refractivity contribution in [2.75, 3.05) is 5.32 Å². The van der Waals surface area contributed by atoms with Gasteiger partial charge in [-0.2, -0.15) is 0 Å². The van der Waals surface area contributed by atoms with Crippen molar-refractivity contribution in [2.24, 2.45) is 0 Å². The Bertz CT molecular complexity index is 717. The van der Waals surface area contributed by atoms with Gasteiger partial charge in [-0.05, 0) is 34.7 Å². The van der Waals surface area contributed by atoms with Crippen molar-refractivity contribution in [3.05, 3.63) is 76.5 Å². The second-order valence-corrected chi connectivity index (χ2v) is 5.68. The Labute approximate surface area is 125 Å². The molecule has 0 radical (unpaired) electrons. The normalized spacial score (nSPS) is 10.6. The molecule has 4 heteroatoms. The van der Waals surface area contributed by atoms with Gasteiger partial charge in [-0.3, -0.25) is 0 Å². The van der Waals surface area contributed by atoms with Crippen LogP contribution in [0.2, 0.25) is 0 Å². The van der Waals surface area contributed by atoms with Crippen molar-refractivity contribution in [1.82, 2.24) is 0 Å². The predicted molar refractivity (Wildman–Crippen MR) is 83.4 cm³/mol. The molecule has 0 aliphatic heterocycles. The van der Waals surface area contributed by atoms with Gasteiger partial charge in [-0.15, -0.1) is 11.3 Å². The molecular formula is C17H13F2NS. The van der Waals surface area contributed by atoms with Crippen molar-refractivity contribution >= 4 is 17.0 Å². The number of hydrogen-bond donors (Lipinski definition) is 1. The Morgan fingerprint density at radius 2 is 1.57 bits per heavy atom. The number of rotatable bonds is 4. The summed E-state index contributed by atoms with van der Waals surface area (Å²) >= 11 is 1.62. The Balaban J connectivity index is 1.70. The number of halogens is 2. The average Bonchev–Trinajstić information content (AvgIpc) is 2.94. The number of anilines is 1. The van der Waals surface area contributed by atoms with Crippen LogP contribution in [0, 0.1) is 11.6 Å². The summed E-state index contributed by atoms with van der Waals surface area (Å²) in [6.45, 7) is 0.542. The molecule has 0 saturated heterocycles. The molecule has 0 aliphatic carbocycles. The third kappa shape index (κ3) is 3.47. The molecule has 1 heterocycles. The van der Waals surface area contributed by atoms with Crippen LogP contribution in [0.15, 0.2) is 60.0 Å². The first-order valence-corrected chi connectivity index (χ1v) is 7.41. The number of nitrogens with one attached hydrogen (secondary N) is 1. The molecule has 3 aromatic rings. The Morgan fingerprint density at radius 1 is 0.857 bits per heavy atom. The number of thiophene rings is 1. The van der Waals surface area contributed by atoms with Crippen LogP contribution in [0.25, 0.3) is 11.1 Å². The molecular weight excluding hydrogens is 288 g/mol. The van der Waals surface area contributed by atoms with E-state index in [4.69, 9.17) is 0 Å². The average molecular weight is 301 g/mol. The van der Waals surface area contributed by atoms with Gasteiger partial charge in [0.05, 0.1) is 0 Å². The molecule has 1 aromatic heterocycles. The maximum Gasteiger partial charge on any atom is 0.128 e. The molecule has 0 unspecified atom stereocenters. The van der Waals surface area contributed by atoms with Crippen LogP contribution in [-0.2, 0) is 6.54 Å². The highest BCUT2D eigenvalue weighted by atomic mass is 32.1. The second-order valence-electron chi connectivity index (χ2n) is 4.68. The zero-order chi connectivity index (χ0) is 14.7. The van der Waals surface area contributed by atoms with Gasteiger partial charge in [0, 0.05) is 23.2 Å². The van der Waals surface area contributed by atoms with E-state index in [1.54, 1.807) is 11.3 Å². The number of hydrogen-bond acceptors (Lipinski definition) is 2. The van der Waals surface area contributed by atoms with Crippen LogP contribution < -0.4 is 5.32 Å². The lowest BCUT2D eigenvalue weighted by Gasteiger charge is -2.05. The first-order valence-electron chi connectivity index (χ1n) is 6.53. The highest BCUT2D eigenvalue weighted by Crippen LogP contribution is 2.26. The maximum atomic E-state index is 13.1. The highest BCUT2D eigenvalue weighted by Gasteiger charge is 2.04. The van der Waals surface area contributed by atoms with Crippen LogP contribution in [-0.4, -0.2) is 0 Å². The van der Waals surface area contributed by atoms with E-state index in [2.05, 4.69) is 28.9 Å². The molecule has 3 rings (SSSR count). The summed E-state index contributed by atoms with van der Waals surface area (Å²) in [7, 11) is 0. The minimum absolute atomic E-state index is 0.446. The van der Waals surface area contributed by atoms with E-state index >= 15 is 0 Å². The summed E-state index contributed by atoms with van der Waals surface area (Å²) in [5.41, 5.74) is 2.77. The van der Waals surface area contributed by atoms with Gasteiger partial charge in [0.2, 0.25) is 0 Å². The quantitative estimate of drug-likeness (QED) is 0.689. The Morgan fingerprint density at radius 3 is 2.29 bits per heavy atom. The van der Waals surface area contributed by atoms with E-state index in [1.807, 2.05) is 18.2 Å². The lowest BCUT2D eigenvalue weighted by Crippen LogP contribution is -1.98. The van der Waals surface area contributed by atoms with Crippen LogP contribution in [0.3, 0.4) is 0 Å². The van der Waals surface area contributed by atoms with Crippen molar-refractivity contribution < 1.29 is 8.78 Å². The first kappa shape index (κ1) is 13.8. The molecule has 0 amide bonds. The Kier molecular flexibility index (Phi) is 3.97. The van der Waals surface area contributed by atoms with Crippen molar-refractivity contribution in [2.45, 2.75) is 6.54 Å². The van der Waals surface area contributed by atoms with Gasteiger partial charge in [0.1, 0.15) is 11.6 Å². The molecule has 0 fully saturated rings. The van der Waals surface area contributed by atoms with Gasteiger partial charge in [-0.1, -0.05) is 30.3 Å². The van der Waals surface area contributed by atoms with Gasteiger partial charge >= 0.3 is 0 Å². The minimum atomic E-state index is -0.575. The Hall–Kier alpha value is -2.20. The zero-order valence-electron chi connectivity index (χ0n) is 11.1. The molecule has 1 N–H and O–H groups in total. The summed E-state index contributed by atoms with van der Waals surface area (Å²) in [5.74, 6) is -1.15. The van der Waals surface area contributed by atoms with Gasteiger partial charge < -0.3 is 5.32 Å². The van der Waals surface area contributed by atoms with E-state index in [0.717, 1.165) is 22.1 Å². The topological polar surface area (TPSA) is 12.0 Å². The first-order chi connectivity index (χ1) is 10.2. The molecule has 0 spiro atoms. The molecule has 0 bridgehead atoms. The monoisotopic (exact) mass is 301 g/mol. The second kappa shape index (κ2) is 6.06. The summed E-state index contributed by atoms with van der Waals surface area (Å²) < 4.78 is 26.2. The summed E-state index contributed by atoms with van der Waals surface area (Å²) in [6, 6.07) is 15.6. The van der Waals surface area contributed by atoms with Gasteiger partial charge in [-0.25, -0.2) is 8.78 Å². The molecule has 21 heavy (non-hydrogen) atoms. The molecule has 106 valence electrons. The van der Waals surface area contributed by atoms with Crippen molar-refractivity contribution in [3.63, 3.8) is 0 Å². The molecule has 0 saturated carbocycles. The van der Waals surface area contributed by atoms with Crippen LogP contribution in [0.5, 0.6) is 0 Å². The van der Waals surface area contributed by atoms with Crippen molar-refractivity contribution in [1.29, 1.82) is 0 Å². The largest absolute Gasteiger partial charge is 0.380 e. The number of benzene rings is 2. The van der Waals surface area contributed by atoms with E-state index in [-0.39, 0.29) is 0 Å². The smallest absolute Gasteiger partial charge is 0.128 e. The lowest BCUT2D eigenvalue weighted by atomic mass is 10.1. The predicted octanol–water partition coefficient (Wildman–Crippen LogP) is 5.31. The third-order valence-electron chi connectivity index (χ3n) is 3.09. The lowest BCUT2D eigenvalue weighted by molar-refractivity contribution is 0.584. The fourth-order valence-corrected chi connectivity index (χ4v) is 2.93.